The summed E-state index contributed by atoms with van der Waals surface area (Å²) < 4.78 is 0. The van der Waals surface area contributed by atoms with Crippen LogP contribution in [0, 0.1) is 0 Å². The fraction of sp³-hybridized carbons (Fsp3) is 0.167. The van der Waals surface area contributed by atoms with E-state index in [1.165, 1.54) is 11.1 Å². The van der Waals surface area contributed by atoms with Gasteiger partial charge in [0.05, 0.1) is 0 Å². The second-order valence-electron chi connectivity index (χ2n) is 3.42. The number of hydrogen-bond donors (Lipinski definition) is 2. The Bertz CT molecular complexity index is 398. The third-order valence-corrected chi connectivity index (χ3v) is 1.95. The van der Waals surface area contributed by atoms with Gasteiger partial charge in [-0.05, 0) is 11.6 Å². The van der Waals surface area contributed by atoms with Crippen LogP contribution >= 0.6 is 0 Å². The minimum Gasteiger partial charge on any atom is -0.480 e. The van der Waals surface area contributed by atoms with Crippen LogP contribution in [-0.2, 0) is 9.59 Å². The first-order valence-corrected chi connectivity index (χ1v) is 4.99. The molecule has 0 aliphatic heterocycles. The molecule has 0 aliphatic carbocycles. The number of aliphatic carboxylic acids is 2. The molecule has 0 unspecified atom stereocenters. The molecular formula is C12H13NO4. The van der Waals surface area contributed by atoms with Crippen LogP contribution in [0.2, 0.25) is 0 Å². The maximum Gasteiger partial charge on any atom is 0.323 e. The van der Waals surface area contributed by atoms with Gasteiger partial charge in [0.15, 0.2) is 0 Å². The van der Waals surface area contributed by atoms with Crippen molar-refractivity contribution < 1.29 is 19.8 Å². The van der Waals surface area contributed by atoms with Crippen LogP contribution in [-0.4, -0.2) is 40.1 Å². The molecule has 5 heteroatoms. The van der Waals surface area contributed by atoms with Crippen LogP contribution in [0.4, 0.5) is 0 Å². The second-order valence-corrected chi connectivity index (χ2v) is 3.42. The topological polar surface area (TPSA) is 77.8 Å². The molecule has 0 saturated heterocycles. The summed E-state index contributed by atoms with van der Waals surface area (Å²) in [4.78, 5) is 22.3. The smallest absolute Gasteiger partial charge is 0.323 e. The van der Waals surface area contributed by atoms with Crippen LogP contribution in [0.15, 0.2) is 36.5 Å². The molecule has 2 N–H and O–H groups in total. The van der Waals surface area contributed by atoms with Crippen molar-refractivity contribution in [3.8, 4) is 0 Å². The molecule has 1 aromatic rings. The standard InChI is InChI=1S/C12H13NO4/c14-11(15)8-13(9-12(16)17)7-6-10-4-2-1-3-5-10/h1-7H,8-9H2,(H,14,15)(H,16,17)/b7-6+. The van der Waals surface area contributed by atoms with Gasteiger partial charge < -0.3 is 15.1 Å². The zero-order valence-corrected chi connectivity index (χ0v) is 9.11. The van der Waals surface area contributed by atoms with Crippen molar-refractivity contribution in [2.24, 2.45) is 0 Å². The average Bonchev–Trinajstić information content (AvgIpc) is 2.26. The van der Waals surface area contributed by atoms with Crippen LogP contribution in [0.5, 0.6) is 0 Å². The Morgan fingerprint density at radius 3 is 2.06 bits per heavy atom. The number of carboxylic acid groups (broad SMARTS) is 2. The Kier molecular flexibility index (Phi) is 4.75. The van der Waals surface area contributed by atoms with Gasteiger partial charge in [0.25, 0.3) is 0 Å². The van der Waals surface area contributed by atoms with E-state index < -0.39 is 11.9 Å². The molecule has 0 amide bonds. The lowest BCUT2D eigenvalue weighted by molar-refractivity contribution is -0.140. The van der Waals surface area contributed by atoms with Crippen molar-refractivity contribution in [2.75, 3.05) is 13.1 Å². The van der Waals surface area contributed by atoms with Crippen LogP contribution in [0.1, 0.15) is 5.56 Å². The lowest BCUT2D eigenvalue weighted by Crippen LogP contribution is -2.29. The molecule has 0 atom stereocenters. The van der Waals surface area contributed by atoms with Gasteiger partial charge in [-0.3, -0.25) is 9.59 Å². The van der Waals surface area contributed by atoms with Gasteiger partial charge >= 0.3 is 11.9 Å². The van der Waals surface area contributed by atoms with Gasteiger partial charge in [-0.25, -0.2) is 0 Å². The maximum atomic E-state index is 10.5. The predicted octanol–water partition coefficient (Wildman–Crippen LogP) is 1.13. The average molecular weight is 235 g/mol. The number of rotatable bonds is 6. The summed E-state index contributed by atoms with van der Waals surface area (Å²) in [7, 11) is 0. The summed E-state index contributed by atoms with van der Waals surface area (Å²) in [6.07, 6.45) is 3.14. The molecular weight excluding hydrogens is 222 g/mol. The highest BCUT2D eigenvalue weighted by Gasteiger charge is 2.08. The van der Waals surface area contributed by atoms with Crippen molar-refractivity contribution in [2.45, 2.75) is 0 Å². The third-order valence-electron chi connectivity index (χ3n) is 1.95. The van der Waals surface area contributed by atoms with Crippen molar-refractivity contribution >= 4 is 18.0 Å². The zero-order chi connectivity index (χ0) is 12.7. The fourth-order valence-corrected chi connectivity index (χ4v) is 1.26. The largest absolute Gasteiger partial charge is 0.480 e. The van der Waals surface area contributed by atoms with E-state index in [4.69, 9.17) is 10.2 Å². The molecule has 1 rings (SSSR count). The van der Waals surface area contributed by atoms with Gasteiger partial charge in [-0.15, -0.1) is 0 Å². The van der Waals surface area contributed by atoms with E-state index in [0.29, 0.717) is 0 Å². The van der Waals surface area contributed by atoms with E-state index >= 15 is 0 Å². The molecule has 17 heavy (non-hydrogen) atoms. The summed E-state index contributed by atoms with van der Waals surface area (Å²) in [6.45, 7) is -0.675. The Morgan fingerprint density at radius 1 is 1.06 bits per heavy atom. The van der Waals surface area contributed by atoms with Gasteiger partial charge in [-0.2, -0.15) is 0 Å². The SMILES string of the molecule is O=C(O)CN(/C=C/c1ccccc1)CC(=O)O. The van der Waals surface area contributed by atoms with E-state index in [9.17, 15) is 9.59 Å². The number of nitrogens with zero attached hydrogens (tertiary/aromatic N) is 1. The van der Waals surface area contributed by atoms with Crippen LogP contribution in [0.25, 0.3) is 6.08 Å². The maximum absolute atomic E-state index is 10.5. The summed E-state index contributed by atoms with van der Waals surface area (Å²) in [5, 5.41) is 17.3. The molecule has 0 spiro atoms. The van der Waals surface area contributed by atoms with Gasteiger partial charge in [0.2, 0.25) is 0 Å². The highest BCUT2D eigenvalue weighted by atomic mass is 16.4. The molecule has 0 bridgehead atoms. The first-order chi connectivity index (χ1) is 8.08. The van der Waals surface area contributed by atoms with E-state index in [1.807, 2.05) is 30.3 Å². The number of benzene rings is 1. The van der Waals surface area contributed by atoms with Crippen molar-refractivity contribution in [3.63, 3.8) is 0 Å². The highest BCUT2D eigenvalue weighted by Crippen LogP contribution is 2.02. The Balaban J connectivity index is 2.68. The van der Waals surface area contributed by atoms with E-state index in [2.05, 4.69) is 0 Å². The van der Waals surface area contributed by atoms with Gasteiger partial charge in [0.1, 0.15) is 13.1 Å². The van der Waals surface area contributed by atoms with Crippen LogP contribution < -0.4 is 0 Å². The Morgan fingerprint density at radius 2 is 1.59 bits per heavy atom. The fourth-order valence-electron chi connectivity index (χ4n) is 1.26. The van der Waals surface area contributed by atoms with Gasteiger partial charge in [-0.1, -0.05) is 30.3 Å². The molecule has 0 saturated carbocycles. The van der Waals surface area contributed by atoms with Crippen molar-refractivity contribution in [1.29, 1.82) is 0 Å². The third kappa shape index (κ3) is 5.36. The lowest BCUT2D eigenvalue weighted by Gasteiger charge is -2.14. The zero-order valence-electron chi connectivity index (χ0n) is 9.11. The van der Waals surface area contributed by atoms with Crippen molar-refractivity contribution in [3.05, 3.63) is 42.1 Å². The molecule has 5 nitrogen and oxygen atoms in total. The minimum atomic E-state index is -1.07. The first kappa shape index (κ1) is 12.8. The summed E-state index contributed by atoms with van der Waals surface area (Å²) >= 11 is 0. The van der Waals surface area contributed by atoms with E-state index in [0.717, 1.165) is 5.56 Å². The lowest BCUT2D eigenvalue weighted by atomic mass is 10.2. The molecule has 0 heterocycles. The Hall–Kier alpha value is -2.30. The molecule has 0 aliphatic rings. The minimum absolute atomic E-state index is 0.338. The molecule has 0 radical (unpaired) electrons. The summed E-state index contributed by atoms with van der Waals surface area (Å²) in [6, 6.07) is 9.24. The molecule has 1 aromatic carbocycles. The molecule has 90 valence electrons. The number of carbonyl (C=O) groups is 2. The number of hydrogen-bond acceptors (Lipinski definition) is 3. The van der Waals surface area contributed by atoms with Gasteiger partial charge in [0, 0.05) is 6.20 Å². The van der Waals surface area contributed by atoms with Crippen molar-refractivity contribution in [1.82, 2.24) is 4.90 Å². The van der Waals surface area contributed by atoms with Crippen LogP contribution in [0.3, 0.4) is 0 Å². The Labute approximate surface area is 98.6 Å². The van der Waals surface area contributed by atoms with E-state index in [1.54, 1.807) is 6.08 Å². The number of carboxylic acids is 2. The quantitative estimate of drug-likeness (QED) is 0.772. The first-order valence-electron chi connectivity index (χ1n) is 4.99. The summed E-state index contributed by atoms with van der Waals surface area (Å²) in [5.74, 6) is -2.13. The van der Waals surface area contributed by atoms with E-state index in [-0.39, 0.29) is 13.1 Å². The normalized spacial score (nSPS) is 10.4. The second kappa shape index (κ2) is 6.32. The monoisotopic (exact) mass is 235 g/mol. The predicted molar refractivity (Wildman–Crippen MR) is 62.3 cm³/mol. The highest BCUT2D eigenvalue weighted by molar-refractivity contribution is 5.73. The molecule has 0 fully saturated rings. The molecule has 0 aromatic heterocycles. The summed E-state index contributed by atoms with van der Waals surface area (Å²) in [5.41, 5.74) is 0.883.